The summed E-state index contributed by atoms with van der Waals surface area (Å²) >= 11 is 7.95. The fourth-order valence-electron chi connectivity index (χ4n) is 6.19. The molecule has 1 aromatic carbocycles. The van der Waals surface area contributed by atoms with Gasteiger partial charge in [0.15, 0.2) is 6.10 Å². The van der Waals surface area contributed by atoms with Crippen molar-refractivity contribution in [3.63, 3.8) is 0 Å². The standard InChI is InChI=1S/C30H41ClN6O4S/c1-4-20-15-19(16-24(31)26(20)32)17-25(28(38)35-10-5-22(6-11-35)34(2)3)41-30(40)36-12-7-23(8-13-36)37-18-21-9-14-42-27(21)33-29(37)39/h9,14-16,22-23,25H,4-8,10-13,17-18,32H2,1-3H3,(H,33,39)/t25-/m1/s1. The van der Waals surface area contributed by atoms with Crippen LogP contribution in [0.3, 0.4) is 0 Å². The number of thiophene rings is 1. The Hall–Kier alpha value is -3.02. The minimum Gasteiger partial charge on any atom is -0.436 e. The van der Waals surface area contributed by atoms with Crippen molar-refractivity contribution in [3.05, 3.63) is 45.3 Å². The van der Waals surface area contributed by atoms with Crippen LogP contribution >= 0.6 is 22.9 Å². The van der Waals surface area contributed by atoms with Gasteiger partial charge < -0.3 is 30.1 Å². The molecule has 0 radical (unpaired) electrons. The lowest BCUT2D eigenvalue weighted by molar-refractivity contribution is -0.142. The molecule has 228 valence electrons. The first-order valence-electron chi connectivity index (χ1n) is 14.8. The van der Waals surface area contributed by atoms with E-state index in [0.29, 0.717) is 68.7 Å². The third-order valence-corrected chi connectivity index (χ3v) is 10.0. The van der Waals surface area contributed by atoms with Gasteiger partial charge in [-0.25, -0.2) is 9.59 Å². The highest BCUT2D eigenvalue weighted by atomic mass is 35.5. The summed E-state index contributed by atoms with van der Waals surface area (Å²) in [6.07, 6.45) is 2.48. The number of benzene rings is 1. The van der Waals surface area contributed by atoms with Gasteiger partial charge in [0, 0.05) is 50.2 Å². The van der Waals surface area contributed by atoms with Gasteiger partial charge in [0.1, 0.15) is 5.00 Å². The molecule has 3 aliphatic heterocycles. The van der Waals surface area contributed by atoms with Crippen LogP contribution in [0.15, 0.2) is 23.6 Å². The van der Waals surface area contributed by atoms with E-state index < -0.39 is 12.2 Å². The number of ether oxygens (including phenoxy) is 1. The second-order valence-electron chi connectivity index (χ2n) is 11.7. The third-order valence-electron chi connectivity index (χ3n) is 8.83. The van der Waals surface area contributed by atoms with Gasteiger partial charge in [-0.2, -0.15) is 0 Å². The number of anilines is 2. The SMILES string of the molecule is CCc1cc(C[C@@H](OC(=O)N2CCC(N3Cc4ccsc4NC3=O)CC2)C(=O)N2CCC(N(C)C)CC2)cc(Cl)c1N. The maximum Gasteiger partial charge on any atom is 0.410 e. The van der Waals surface area contributed by atoms with E-state index in [1.807, 2.05) is 34.2 Å². The molecule has 10 nitrogen and oxygen atoms in total. The van der Waals surface area contributed by atoms with Crippen LogP contribution in [-0.4, -0.2) is 96.1 Å². The molecule has 0 saturated carbocycles. The molecular weight excluding hydrogens is 576 g/mol. The fraction of sp³-hybridized carbons (Fsp3) is 0.567. The van der Waals surface area contributed by atoms with Crippen LogP contribution in [-0.2, 0) is 28.9 Å². The number of piperidine rings is 2. The monoisotopic (exact) mass is 616 g/mol. The van der Waals surface area contributed by atoms with Crippen molar-refractivity contribution in [2.45, 2.75) is 70.2 Å². The van der Waals surface area contributed by atoms with Crippen LogP contribution in [0.1, 0.15) is 49.3 Å². The van der Waals surface area contributed by atoms with Gasteiger partial charge in [-0.15, -0.1) is 11.3 Å². The molecule has 2 saturated heterocycles. The molecule has 3 N–H and O–H groups in total. The van der Waals surface area contributed by atoms with Crippen LogP contribution in [0, 0.1) is 0 Å². The quantitative estimate of drug-likeness (QED) is 0.438. The van der Waals surface area contributed by atoms with Crippen LogP contribution < -0.4 is 11.1 Å². The first kappa shape index (κ1) is 30.4. The Morgan fingerprint density at radius 1 is 1.14 bits per heavy atom. The summed E-state index contributed by atoms with van der Waals surface area (Å²) in [6.45, 7) is 4.71. The number of fused-ring (bicyclic) bond motifs is 1. The molecule has 0 spiro atoms. The lowest BCUT2D eigenvalue weighted by atomic mass is 9.99. The first-order chi connectivity index (χ1) is 20.1. The summed E-state index contributed by atoms with van der Waals surface area (Å²) in [4.78, 5) is 47.5. The number of nitrogens with two attached hydrogens (primary N) is 1. The molecule has 4 heterocycles. The Kier molecular flexibility index (Phi) is 9.49. The molecule has 1 aromatic heterocycles. The zero-order valence-electron chi connectivity index (χ0n) is 24.6. The summed E-state index contributed by atoms with van der Waals surface area (Å²) in [6, 6.07) is 6.10. The van der Waals surface area contributed by atoms with Gasteiger partial charge in [0.2, 0.25) is 0 Å². The molecule has 0 aliphatic carbocycles. The first-order valence-corrected chi connectivity index (χ1v) is 16.0. The average Bonchev–Trinajstić information content (AvgIpc) is 3.45. The predicted molar refractivity (Wildman–Crippen MR) is 166 cm³/mol. The summed E-state index contributed by atoms with van der Waals surface area (Å²) < 4.78 is 5.98. The molecule has 0 unspecified atom stereocenters. The number of nitrogen functional groups attached to an aromatic ring is 1. The summed E-state index contributed by atoms with van der Waals surface area (Å²) in [7, 11) is 4.12. The third kappa shape index (κ3) is 6.63. The number of carbonyl (C=O) groups excluding carboxylic acids is 3. The van der Waals surface area contributed by atoms with Crippen LogP contribution in [0.25, 0.3) is 0 Å². The number of nitrogens with zero attached hydrogens (tertiary/aromatic N) is 4. The Morgan fingerprint density at radius 2 is 1.83 bits per heavy atom. The van der Waals surface area contributed by atoms with Gasteiger partial charge in [-0.1, -0.05) is 24.6 Å². The highest BCUT2D eigenvalue weighted by Gasteiger charge is 2.36. The van der Waals surface area contributed by atoms with E-state index >= 15 is 0 Å². The van der Waals surface area contributed by atoms with E-state index in [2.05, 4.69) is 24.3 Å². The number of hydrogen-bond acceptors (Lipinski definition) is 7. The van der Waals surface area contributed by atoms with Gasteiger partial charge in [0.05, 0.1) is 17.3 Å². The second kappa shape index (κ2) is 13.1. The molecule has 2 fully saturated rings. The highest BCUT2D eigenvalue weighted by molar-refractivity contribution is 7.14. The molecule has 2 aromatic rings. The van der Waals surface area contributed by atoms with E-state index in [4.69, 9.17) is 22.1 Å². The predicted octanol–water partition coefficient (Wildman–Crippen LogP) is 4.66. The van der Waals surface area contributed by atoms with Crippen LogP contribution in [0.5, 0.6) is 0 Å². The molecule has 1 atom stereocenters. The number of nitrogens with one attached hydrogen (secondary N) is 1. The van der Waals surface area contributed by atoms with Gasteiger partial charge in [0.25, 0.3) is 5.91 Å². The highest BCUT2D eigenvalue weighted by Crippen LogP contribution is 2.32. The van der Waals surface area contributed by atoms with E-state index in [1.54, 1.807) is 11.0 Å². The van der Waals surface area contributed by atoms with Crippen molar-refractivity contribution < 1.29 is 19.1 Å². The Morgan fingerprint density at radius 3 is 2.50 bits per heavy atom. The number of urea groups is 1. The Labute approximate surface area is 256 Å². The van der Waals surface area contributed by atoms with Gasteiger partial charge in [-0.3, -0.25) is 10.1 Å². The number of rotatable bonds is 7. The van der Waals surface area contributed by atoms with E-state index in [0.717, 1.165) is 34.5 Å². The number of halogens is 1. The number of hydrogen-bond donors (Lipinski definition) is 2. The second-order valence-corrected chi connectivity index (χ2v) is 13.0. The lowest BCUT2D eigenvalue weighted by Crippen LogP contribution is -2.52. The van der Waals surface area contributed by atoms with E-state index in [9.17, 15) is 14.4 Å². The Bertz CT molecular complexity index is 1300. The summed E-state index contributed by atoms with van der Waals surface area (Å²) in [5.74, 6) is -0.182. The lowest BCUT2D eigenvalue weighted by Gasteiger charge is -2.40. The van der Waals surface area contributed by atoms with Crippen molar-refractivity contribution in [3.8, 4) is 0 Å². The largest absolute Gasteiger partial charge is 0.436 e. The van der Waals surface area contributed by atoms with Crippen LogP contribution in [0.4, 0.5) is 20.3 Å². The molecule has 3 aliphatic rings. The van der Waals surface area contributed by atoms with Crippen molar-refractivity contribution in [2.24, 2.45) is 0 Å². The minimum absolute atomic E-state index is 0.0295. The fourth-order valence-corrected chi connectivity index (χ4v) is 7.25. The summed E-state index contributed by atoms with van der Waals surface area (Å²) in [5.41, 5.74) is 9.51. The van der Waals surface area contributed by atoms with Crippen LogP contribution in [0.2, 0.25) is 5.02 Å². The van der Waals surface area contributed by atoms with Crippen molar-refractivity contribution in [1.29, 1.82) is 0 Å². The number of carbonyl (C=O) groups is 3. The molecule has 42 heavy (non-hydrogen) atoms. The smallest absolute Gasteiger partial charge is 0.410 e. The molecule has 12 heteroatoms. The minimum atomic E-state index is -0.972. The topological polar surface area (TPSA) is 111 Å². The van der Waals surface area contributed by atoms with Gasteiger partial charge >= 0.3 is 12.1 Å². The van der Waals surface area contributed by atoms with Crippen molar-refractivity contribution >= 4 is 51.7 Å². The molecule has 4 amide bonds. The Balaban J connectivity index is 1.25. The van der Waals surface area contributed by atoms with Crippen molar-refractivity contribution in [2.75, 3.05) is 51.3 Å². The number of likely N-dealkylation sites (tertiary alicyclic amines) is 2. The molecule has 0 bridgehead atoms. The average molecular weight is 617 g/mol. The van der Waals surface area contributed by atoms with Gasteiger partial charge in [-0.05, 0) is 74.8 Å². The molecule has 5 rings (SSSR count). The maximum absolute atomic E-state index is 13.8. The maximum atomic E-state index is 13.8. The number of aryl methyl sites for hydroxylation is 1. The normalized spacial score (nSPS) is 19.1. The summed E-state index contributed by atoms with van der Waals surface area (Å²) in [5, 5.41) is 6.31. The zero-order valence-corrected chi connectivity index (χ0v) is 26.2. The molecular formula is C30H41ClN6O4S. The van der Waals surface area contributed by atoms with E-state index in [1.165, 1.54) is 11.3 Å². The number of amides is 4. The van der Waals surface area contributed by atoms with Crippen molar-refractivity contribution in [1.82, 2.24) is 19.6 Å². The zero-order chi connectivity index (χ0) is 30.0. The van der Waals surface area contributed by atoms with E-state index in [-0.39, 0.29) is 24.4 Å².